The first-order valence-corrected chi connectivity index (χ1v) is 6.61. The number of nitrogens with one attached hydrogen (secondary N) is 2. The van der Waals surface area contributed by atoms with Gasteiger partial charge in [-0.3, -0.25) is 0 Å². The fraction of sp³-hybridized carbons (Fsp3) is 0.231. The van der Waals surface area contributed by atoms with Gasteiger partial charge in [0.25, 0.3) is 0 Å². The zero-order valence-electron chi connectivity index (χ0n) is 10.0. The summed E-state index contributed by atoms with van der Waals surface area (Å²) in [6, 6.07) is 4.39. The average molecular weight is 325 g/mol. The standard InChI is InChI=1S/C13H13BrN2O3/c14-8-5-6-11(10(7-8)12(17)18)16-13(19)15-9-3-1-2-4-9/h1-2,5-7,9H,3-4H2,(H,17,18)(H2,15,16,19). The summed E-state index contributed by atoms with van der Waals surface area (Å²) in [5.74, 6) is -1.08. The number of hydrogen-bond donors (Lipinski definition) is 3. The number of carbonyl (C=O) groups excluding carboxylic acids is 1. The fourth-order valence-electron chi connectivity index (χ4n) is 1.88. The van der Waals surface area contributed by atoms with Crippen molar-refractivity contribution in [3.8, 4) is 0 Å². The Hall–Kier alpha value is -1.82. The second-order valence-corrected chi connectivity index (χ2v) is 5.15. The van der Waals surface area contributed by atoms with E-state index in [2.05, 4.69) is 26.6 Å². The van der Waals surface area contributed by atoms with E-state index in [1.807, 2.05) is 12.2 Å². The maximum Gasteiger partial charge on any atom is 0.337 e. The lowest BCUT2D eigenvalue weighted by atomic mass is 10.2. The largest absolute Gasteiger partial charge is 0.478 e. The van der Waals surface area contributed by atoms with Gasteiger partial charge in [-0.25, -0.2) is 9.59 Å². The highest BCUT2D eigenvalue weighted by atomic mass is 79.9. The van der Waals surface area contributed by atoms with E-state index in [0.29, 0.717) is 4.47 Å². The molecule has 0 saturated heterocycles. The van der Waals surface area contributed by atoms with Crippen LogP contribution >= 0.6 is 15.9 Å². The van der Waals surface area contributed by atoms with Crippen LogP contribution in [0.4, 0.5) is 10.5 Å². The highest BCUT2D eigenvalue weighted by Gasteiger charge is 2.16. The molecule has 6 heteroatoms. The van der Waals surface area contributed by atoms with Crippen molar-refractivity contribution in [1.82, 2.24) is 5.32 Å². The van der Waals surface area contributed by atoms with Gasteiger partial charge in [0, 0.05) is 10.5 Å². The van der Waals surface area contributed by atoms with E-state index in [4.69, 9.17) is 5.11 Å². The number of carboxylic acids is 1. The van der Waals surface area contributed by atoms with Crippen molar-refractivity contribution < 1.29 is 14.7 Å². The molecule has 1 aromatic carbocycles. The molecule has 5 nitrogen and oxygen atoms in total. The molecular formula is C13H13BrN2O3. The summed E-state index contributed by atoms with van der Waals surface area (Å²) in [5, 5.41) is 14.4. The number of halogens is 1. The Morgan fingerprint density at radius 3 is 2.58 bits per heavy atom. The molecule has 0 spiro atoms. The molecular weight excluding hydrogens is 312 g/mol. The number of hydrogen-bond acceptors (Lipinski definition) is 2. The molecule has 1 aliphatic carbocycles. The summed E-state index contributed by atoms with van der Waals surface area (Å²) in [4.78, 5) is 22.9. The third kappa shape index (κ3) is 3.57. The molecule has 100 valence electrons. The summed E-state index contributed by atoms with van der Waals surface area (Å²) >= 11 is 3.20. The lowest BCUT2D eigenvalue weighted by Crippen LogP contribution is -2.36. The molecule has 0 aromatic heterocycles. The Labute approximate surface area is 118 Å². The monoisotopic (exact) mass is 324 g/mol. The summed E-state index contributed by atoms with van der Waals surface area (Å²) in [5.41, 5.74) is 0.327. The van der Waals surface area contributed by atoms with Crippen LogP contribution in [-0.4, -0.2) is 23.1 Å². The lowest BCUT2D eigenvalue weighted by molar-refractivity contribution is 0.0698. The maximum absolute atomic E-state index is 11.8. The van der Waals surface area contributed by atoms with Gasteiger partial charge in [0.2, 0.25) is 0 Å². The first kappa shape index (κ1) is 13.6. The Kier molecular flexibility index (Phi) is 4.21. The van der Waals surface area contributed by atoms with E-state index in [9.17, 15) is 9.59 Å². The lowest BCUT2D eigenvalue weighted by Gasteiger charge is -2.14. The number of amides is 2. The molecule has 2 rings (SSSR count). The van der Waals surface area contributed by atoms with Gasteiger partial charge in [-0.1, -0.05) is 28.1 Å². The number of aromatic carboxylic acids is 1. The van der Waals surface area contributed by atoms with Gasteiger partial charge in [-0.05, 0) is 31.0 Å². The number of rotatable bonds is 3. The van der Waals surface area contributed by atoms with Crippen LogP contribution in [0.1, 0.15) is 23.2 Å². The third-order valence-electron chi connectivity index (χ3n) is 2.80. The molecule has 3 N–H and O–H groups in total. The van der Waals surface area contributed by atoms with Gasteiger partial charge in [-0.2, -0.15) is 0 Å². The summed E-state index contributed by atoms with van der Waals surface area (Å²) in [7, 11) is 0. The van der Waals surface area contributed by atoms with Crippen LogP contribution in [0.5, 0.6) is 0 Å². The van der Waals surface area contributed by atoms with Gasteiger partial charge >= 0.3 is 12.0 Å². The number of carbonyl (C=O) groups is 2. The SMILES string of the molecule is O=C(Nc1ccc(Br)cc1C(=O)O)NC1CC=CC1. The summed E-state index contributed by atoms with van der Waals surface area (Å²) in [6.07, 6.45) is 5.62. The Balaban J connectivity index is 2.05. The van der Waals surface area contributed by atoms with Crippen LogP contribution in [0.3, 0.4) is 0 Å². The first-order chi connectivity index (χ1) is 9.06. The maximum atomic E-state index is 11.8. The molecule has 0 aliphatic heterocycles. The second kappa shape index (κ2) is 5.88. The van der Waals surface area contributed by atoms with E-state index < -0.39 is 12.0 Å². The molecule has 0 heterocycles. The van der Waals surface area contributed by atoms with E-state index in [1.54, 1.807) is 12.1 Å². The van der Waals surface area contributed by atoms with Crippen LogP contribution in [0.2, 0.25) is 0 Å². The van der Waals surface area contributed by atoms with Gasteiger partial charge in [0.1, 0.15) is 0 Å². The molecule has 0 radical (unpaired) electrons. The zero-order chi connectivity index (χ0) is 13.8. The zero-order valence-corrected chi connectivity index (χ0v) is 11.6. The third-order valence-corrected chi connectivity index (χ3v) is 3.30. The predicted molar refractivity (Wildman–Crippen MR) is 75.4 cm³/mol. The Bertz CT molecular complexity index is 535. The van der Waals surface area contributed by atoms with Crippen LogP contribution in [0.15, 0.2) is 34.8 Å². The summed E-state index contributed by atoms with van der Waals surface area (Å²) < 4.78 is 0.649. The number of carboxylic acid groups (broad SMARTS) is 1. The van der Waals surface area contributed by atoms with Gasteiger partial charge < -0.3 is 15.7 Å². The van der Waals surface area contributed by atoms with Crippen molar-refractivity contribution in [1.29, 1.82) is 0 Å². The fourth-order valence-corrected chi connectivity index (χ4v) is 2.24. The average Bonchev–Trinajstić information content (AvgIpc) is 2.83. The minimum Gasteiger partial charge on any atom is -0.478 e. The molecule has 1 aromatic rings. The summed E-state index contributed by atoms with van der Waals surface area (Å²) in [6.45, 7) is 0. The van der Waals surface area contributed by atoms with Crippen molar-refractivity contribution in [3.63, 3.8) is 0 Å². The molecule has 0 bridgehead atoms. The quantitative estimate of drug-likeness (QED) is 0.748. The van der Waals surface area contributed by atoms with Crippen molar-refractivity contribution in [3.05, 3.63) is 40.4 Å². The highest BCUT2D eigenvalue weighted by molar-refractivity contribution is 9.10. The van der Waals surface area contributed by atoms with E-state index >= 15 is 0 Å². The molecule has 0 unspecified atom stereocenters. The van der Waals surface area contributed by atoms with Gasteiger partial charge in [-0.15, -0.1) is 0 Å². The van der Waals surface area contributed by atoms with Crippen LogP contribution in [0.25, 0.3) is 0 Å². The smallest absolute Gasteiger partial charge is 0.337 e. The van der Waals surface area contributed by atoms with E-state index in [1.165, 1.54) is 6.07 Å². The van der Waals surface area contributed by atoms with Crippen molar-refractivity contribution in [2.24, 2.45) is 0 Å². The molecule has 19 heavy (non-hydrogen) atoms. The molecule has 0 atom stereocenters. The van der Waals surface area contributed by atoms with Gasteiger partial charge in [0.05, 0.1) is 11.3 Å². The van der Waals surface area contributed by atoms with E-state index in [-0.39, 0.29) is 17.3 Å². The number of anilines is 1. The Morgan fingerprint density at radius 1 is 1.26 bits per heavy atom. The molecule has 0 saturated carbocycles. The Morgan fingerprint density at radius 2 is 1.95 bits per heavy atom. The minimum atomic E-state index is -1.08. The van der Waals surface area contributed by atoms with Crippen LogP contribution in [0, 0.1) is 0 Å². The van der Waals surface area contributed by atoms with Crippen molar-refractivity contribution in [2.45, 2.75) is 18.9 Å². The second-order valence-electron chi connectivity index (χ2n) is 4.23. The van der Waals surface area contributed by atoms with Crippen LogP contribution in [-0.2, 0) is 0 Å². The highest BCUT2D eigenvalue weighted by Crippen LogP contribution is 2.21. The van der Waals surface area contributed by atoms with Crippen LogP contribution < -0.4 is 10.6 Å². The normalized spacial score (nSPS) is 14.4. The minimum absolute atomic E-state index is 0.0501. The predicted octanol–water partition coefficient (Wildman–Crippen LogP) is 2.99. The number of urea groups is 1. The topological polar surface area (TPSA) is 78.4 Å². The number of benzene rings is 1. The van der Waals surface area contributed by atoms with E-state index in [0.717, 1.165) is 12.8 Å². The van der Waals surface area contributed by atoms with Crippen molar-refractivity contribution in [2.75, 3.05) is 5.32 Å². The molecule has 0 fully saturated rings. The first-order valence-electron chi connectivity index (χ1n) is 5.81. The molecule has 1 aliphatic rings. The molecule has 2 amide bonds. The van der Waals surface area contributed by atoms with Crippen molar-refractivity contribution >= 4 is 33.6 Å². The van der Waals surface area contributed by atoms with Gasteiger partial charge in [0.15, 0.2) is 0 Å².